The van der Waals surface area contributed by atoms with Crippen molar-refractivity contribution < 1.29 is 0 Å². The largest absolute Gasteiger partial charge is 0.0649 e. The molecular weight excluding hydrogens is 156 g/mol. The van der Waals surface area contributed by atoms with E-state index in [1.807, 2.05) is 0 Å². The minimum atomic E-state index is 0.631. The average molecular weight is 182 g/mol. The van der Waals surface area contributed by atoms with Crippen LogP contribution < -0.4 is 0 Å². The zero-order chi connectivity index (χ0) is 10.1. The number of hydrogen-bond donors (Lipinski definition) is 0. The molecule has 0 aromatic heterocycles. The van der Waals surface area contributed by atoms with E-state index in [9.17, 15) is 0 Å². The van der Waals surface area contributed by atoms with Gasteiger partial charge in [0, 0.05) is 0 Å². The summed E-state index contributed by atoms with van der Waals surface area (Å²) >= 11 is 0. The van der Waals surface area contributed by atoms with Crippen LogP contribution in [0.5, 0.6) is 0 Å². The Morgan fingerprint density at radius 1 is 1.31 bits per heavy atom. The molecule has 1 saturated carbocycles. The van der Waals surface area contributed by atoms with Crippen molar-refractivity contribution in [2.45, 2.75) is 60.3 Å². The number of rotatable bonds is 2. The van der Waals surface area contributed by atoms with Crippen molar-refractivity contribution in [1.82, 2.24) is 0 Å². The predicted molar refractivity (Wildman–Crippen MR) is 59.7 cm³/mol. The first-order valence-electron chi connectivity index (χ1n) is 5.99. The van der Waals surface area contributed by atoms with Crippen molar-refractivity contribution in [3.05, 3.63) is 0 Å². The van der Waals surface area contributed by atoms with E-state index in [-0.39, 0.29) is 0 Å². The third-order valence-electron chi connectivity index (χ3n) is 4.29. The van der Waals surface area contributed by atoms with Gasteiger partial charge in [0.1, 0.15) is 0 Å². The van der Waals surface area contributed by atoms with Crippen molar-refractivity contribution >= 4 is 0 Å². The molecular formula is C13H26. The van der Waals surface area contributed by atoms with Crippen LogP contribution in [-0.2, 0) is 0 Å². The lowest BCUT2D eigenvalue weighted by Crippen LogP contribution is -2.36. The molecule has 0 radical (unpaired) electrons. The summed E-state index contributed by atoms with van der Waals surface area (Å²) in [7, 11) is 0. The second kappa shape index (κ2) is 4.02. The van der Waals surface area contributed by atoms with Crippen LogP contribution in [-0.4, -0.2) is 0 Å². The summed E-state index contributed by atoms with van der Waals surface area (Å²) in [5, 5.41) is 0. The van der Waals surface area contributed by atoms with Gasteiger partial charge in [0.05, 0.1) is 0 Å². The van der Waals surface area contributed by atoms with Crippen LogP contribution in [0.2, 0.25) is 0 Å². The summed E-state index contributed by atoms with van der Waals surface area (Å²) in [4.78, 5) is 0. The predicted octanol–water partition coefficient (Wildman–Crippen LogP) is 4.49. The van der Waals surface area contributed by atoms with Crippen LogP contribution in [0.25, 0.3) is 0 Å². The summed E-state index contributed by atoms with van der Waals surface area (Å²) < 4.78 is 0. The smallest absolute Gasteiger partial charge is 0.0295 e. The Labute approximate surface area is 84.1 Å². The van der Waals surface area contributed by atoms with E-state index in [0.29, 0.717) is 5.41 Å². The minimum absolute atomic E-state index is 0.631. The Balaban J connectivity index is 2.72. The van der Waals surface area contributed by atoms with Gasteiger partial charge in [-0.3, -0.25) is 0 Å². The summed E-state index contributed by atoms with van der Waals surface area (Å²) in [6, 6.07) is 0. The zero-order valence-corrected chi connectivity index (χ0v) is 10.1. The van der Waals surface area contributed by atoms with Gasteiger partial charge < -0.3 is 0 Å². The highest BCUT2D eigenvalue weighted by Gasteiger charge is 2.38. The van der Waals surface area contributed by atoms with Crippen LogP contribution in [0.3, 0.4) is 0 Å². The number of hydrogen-bond acceptors (Lipinski definition) is 0. The van der Waals surface area contributed by atoms with Crippen molar-refractivity contribution in [3.63, 3.8) is 0 Å². The lowest BCUT2D eigenvalue weighted by molar-refractivity contribution is 0.0454. The standard InChI is InChI=1S/C13H26/c1-6-13(5)9-11(4)7-8-12(13)10(2)3/h10-12H,6-9H2,1-5H3. The molecule has 1 rings (SSSR count). The second-order valence-electron chi connectivity index (χ2n) is 5.74. The van der Waals surface area contributed by atoms with Gasteiger partial charge in [-0.05, 0) is 36.0 Å². The van der Waals surface area contributed by atoms with Crippen LogP contribution in [0, 0.1) is 23.2 Å². The molecule has 3 unspecified atom stereocenters. The molecule has 3 atom stereocenters. The maximum atomic E-state index is 2.51. The average Bonchev–Trinajstić information content (AvgIpc) is 2.03. The van der Waals surface area contributed by atoms with E-state index in [2.05, 4.69) is 34.6 Å². The van der Waals surface area contributed by atoms with Gasteiger partial charge in [0.2, 0.25) is 0 Å². The van der Waals surface area contributed by atoms with Gasteiger partial charge in [-0.1, -0.05) is 47.5 Å². The van der Waals surface area contributed by atoms with E-state index in [0.717, 1.165) is 17.8 Å². The monoisotopic (exact) mass is 182 g/mol. The third-order valence-corrected chi connectivity index (χ3v) is 4.29. The molecule has 0 bridgehead atoms. The maximum absolute atomic E-state index is 2.51. The Bertz CT molecular complexity index is 159. The van der Waals surface area contributed by atoms with Crippen molar-refractivity contribution in [2.75, 3.05) is 0 Å². The van der Waals surface area contributed by atoms with Crippen LogP contribution in [0.15, 0.2) is 0 Å². The lowest BCUT2D eigenvalue weighted by Gasteiger charge is -2.46. The molecule has 0 amide bonds. The molecule has 1 aliphatic carbocycles. The molecule has 0 N–H and O–H groups in total. The molecule has 0 nitrogen and oxygen atoms in total. The van der Waals surface area contributed by atoms with Crippen molar-refractivity contribution in [2.24, 2.45) is 23.2 Å². The summed E-state index contributed by atoms with van der Waals surface area (Å²) in [6.07, 6.45) is 5.73. The fraction of sp³-hybridized carbons (Fsp3) is 1.00. The summed E-state index contributed by atoms with van der Waals surface area (Å²) in [5.74, 6) is 2.80. The third kappa shape index (κ3) is 2.27. The molecule has 1 aliphatic rings. The Hall–Kier alpha value is 0. The minimum Gasteiger partial charge on any atom is -0.0649 e. The molecule has 78 valence electrons. The molecule has 0 heterocycles. The molecule has 1 fully saturated rings. The Kier molecular flexibility index (Phi) is 3.43. The van der Waals surface area contributed by atoms with Gasteiger partial charge in [-0.25, -0.2) is 0 Å². The first-order chi connectivity index (χ1) is 5.99. The first kappa shape index (κ1) is 11.1. The van der Waals surface area contributed by atoms with E-state index in [4.69, 9.17) is 0 Å². The normalized spacial score (nSPS) is 41.1. The van der Waals surface area contributed by atoms with Crippen molar-refractivity contribution in [1.29, 1.82) is 0 Å². The van der Waals surface area contributed by atoms with Crippen molar-refractivity contribution in [3.8, 4) is 0 Å². The Morgan fingerprint density at radius 2 is 1.92 bits per heavy atom. The van der Waals surface area contributed by atoms with Gasteiger partial charge in [0.25, 0.3) is 0 Å². The highest BCUT2D eigenvalue weighted by Crippen LogP contribution is 2.48. The highest BCUT2D eigenvalue weighted by atomic mass is 14.4. The van der Waals surface area contributed by atoms with Gasteiger partial charge in [-0.2, -0.15) is 0 Å². The van der Waals surface area contributed by atoms with Gasteiger partial charge >= 0.3 is 0 Å². The van der Waals surface area contributed by atoms with E-state index >= 15 is 0 Å². The molecule has 0 aromatic carbocycles. The van der Waals surface area contributed by atoms with E-state index in [1.165, 1.54) is 25.7 Å². The lowest BCUT2D eigenvalue weighted by atomic mass is 9.60. The Morgan fingerprint density at radius 3 is 2.38 bits per heavy atom. The quantitative estimate of drug-likeness (QED) is 0.590. The molecule has 0 saturated heterocycles. The van der Waals surface area contributed by atoms with Crippen LogP contribution in [0.1, 0.15) is 60.3 Å². The zero-order valence-electron chi connectivity index (χ0n) is 10.1. The maximum Gasteiger partial charge on any atom is -0.0295 e. The fourth-order valence-corrected chi connectivity index (χ4v) is 3.41. The molecule has 0 heteroatoms. The van der Waals surface area contributed by atoms with E-state index < -0.39 is 0 Å². The SMILES string of the molecule is CCC1(C)CC(C)CCC1C(C)C. The second-order valence-corrected chi connectivity index (χ2v) is 5.74. The fourth-order valence-electron chi connectivity index (χ4n) is 3.41. The summed E-state index contributed by atoms with van der Waals surface area (Å²) in [5.41, 5.74) is 0.631. The summed E-state index contributed by atoms with van der Waals surface area (Å²) in [6.45, 7) is 12.1. The van der Waals surface area contributed by atoms with Crippen LogP contribution >= 0.6 is 0 Å². The van der Waals surface area contributed by atoms with Gasteiger partial charge in [-0.15, -0.1) is 0 Å². The first-order valence-corrected chi connectivity index (χ1v) is 5.99. The highest BCUT2D eigenvalue weighted by molar-refractivity contribution is 4.88. The molecule has 0 spiro atoms. The molecule has 0 aromatic rings. The molecule has 13 heavy (non-hydrogen) atoms. The van der Waals surface area contributed by atoms with E-state index in [1.54, 1.807) is 0 Å². The van der Waals surface area contributed by atoms with Crippen LogP contribution in [0.4, 0.5) is 0 Å². The molecule has 0 aliphatic heterocycles. The van der Waals surface area contributed by atoms with Gasteiger partial charge in [0.15, 0.2) is 0 Å². The topological polar surface area (TPSA) is 0 Å².